The van der Waals surface area contributed by atoms with Crippen molar-refractivity contribution in [2.45, 2.75) is 70.9 Å². The molecule has 2 atom stereocenters. The number of anilines is 1. The first-order valence-corrected chi connectivity index (χ1v) is 10.9. The van der Waals surface area contributed by atoms with E-state index in [1.807, 2.05) is 30.0 Å². The number of carbonyl (C=O) groups is 2. The summed E-state index contributed by atoms with van der Waals surface area (Å²) in [4.78, 5) is 27.3. The summed E-state index contributed by atoms with van der Waals surface area (Å²) >= 11 is 0. The molecule has 152 valence electrons. The zero-order chi connectivity index (χ0) is 19.7. The number of piperidine rings is 2. The fraction of sp³-hybridized carbons (Fsp3) is 0.652. The molecule has 2 unspecified atom stereocenters. The molecule has 3 saturated heterocycles. The molecule has 2 N–H and O–H groups in total. The second-order valence-corrected chi connectivity index (χ2v) is 9.23. The van der Waals surface area contributed by atoms with Crippen molar-refractivity contribution in [2.75, 3.05) is 18.4 Å². The standard InChI is InChI=1S/C23H33N3O2/c1-15-7-9-26(10-8-15)23(28)18-3-6-21(16(2)11-18)25-22(27)14-17-12-19-4-5-20(13-17)24-19/h3,6,11,15,17,19-20,24H,4-5,7-10,12-14H2,1-2H3,(H,25,27). The zero-order valence-corrected chi connectivity index (χ0v) is 17.2. The smallest absolute Gasteiger partial charge is 0.253 e. The molecule has 2 amide bonds. The average molecular weight is 384 g/mol. The van der Waals surface area contributed by atoms with Gasteiger partial charge in [-0.15, -0.1) is 0 Å². The Morgan fingerprint density at radius 2 is 1.79 bits per heavy atom. The Morgan fingerprint density at radius 3 is 2.43 bits per heavy atom. The maximum Gasteiger partial charge on any atom is 0.253 e. The summed E-state index contributed by atoms with van der Waals surface area (Å²) in [6, 6.07) is 6.89. The highest BCUT2D eigenvalue weighted by Crippen LogP contribution is 2.33. The van der Waals surface area contributed by atoms with Gasteiger partial charge in [0.25, 0.3) is 5.91 Å². The van der Waals surface area contributed by atoms with Gasteiger partial charge in [-0.1, -0.05) is 6.92 Å². The minimum atomic E-state index is 0.0958. The number of nitrogens with zero attached hydrogens (tertiary/aromatic N) is 1. The van der Waals surface area contributed by atoms with Gasteiger partial charge >= 0.3 is 0 Å². The molecular formula is C23H33N3O2. The number of hydrogen-bond acceptors (Lipinski definition) is 3. The highest BCUT2D eigenvalue weighted by molar-refractivity contribution is 5.96. The molecule has 3 aliphatic heterocycles. The fourth-order valence-corrected chi connectivity index (χ4v) is 5.14. The highest BCUT2D eigenvalue weighted by atomic mass is 16.2. The second kappa shape index (κ2) is 8.24. The normalized spacial score (nSPS) is 27.6. The largest absolute Gasteiger partial charge is 0.339 e. The SMILES string of the molecule is Cc1cc(C(=O)N2CCC(C)CC2)ccc1NC(=O)CC1CC2CCC(C1)N2. The number of amides is 2. The van der Waals surface area contributed by atoms with Gasteiger partial charge in [0.1, 0.15) is 0 Å². The quantitative estimate of drug-likeness (QED) is 0.833. The lowest BCUT2D eigenvalue weighted by molar-refractivity contribution is -0.117. The van der Waals surface area contributed by atoms with Gasteiger partial charge in [0, 0.05) is 42.8 Å². The summed E-state index contributed by atoms with van der Waals surface area (Å²) in [5.41, 5.74) is 2.50. The third-order valence-corrected chi connectivity index (χ3v) is 6.86. The van der Waals surface area contributed by atoms with Crippen molar-refractivity contribution in [2.24, 2.45) is 11.8 Å². The van der Waals surface area contributed by atoms with Crippen LogP contribution in [0.2, 0.25) is 0 Å². The minimum absolute atomic E-state index is 0.0958. The van der Waals surface area contributed by atoms with E-state index < -0.39 is 0 Å². The van der Waals surface area contributed by atoms with Gasteiger partial charge in [0.15, 0.2) is 0 Å². The molecule has 1 aromatic carbocycles. The van der Waals surface area contributed by atoms with E-state index in [-0.39, 0.29) is 11.8 Å². The van der Waals surface area contributed by atoms with Crippen molar-refractivity contribution < 1.29 is 9.59 Å². The van der Waals surface area contributed by atoms with Crippen LogP contribution in [-0.2, 0) is 4.79 Å². The number of aryl methyl sites for hydroxylation is 1. The van der Waals surface area contributed by atoms with Crippen molar-refractivity contribution in [3.05, 3.63) is 29.3 Å². The van der Waals surface area contributed by atoms with Crippen molar-refractivity contribution in [3.8, 4) is 0 Å². The van der Waals surface area contributed by atoms with Gasteiger partial charge in [0.05, 0.1) is 0 Å². The van der Waals surface area contributed by atoms with Gasteiger partial charge in [-0.25, -0.2) is 0 Å². The fourth-order valence-electron chi connectivity index (χ4n) is 5.14. The first-order chi connectivity index (χ1) is 13.5. The maximum absolute atomic E-state index is 12.8. The summed E-state index contributed by atoms with van der Waals surface area (Å²) in [5.74, 6) is 1.40. The number of likely N-dealkylation sites (tertiary alicyclic amines) is 1. The molecule has 0 aliphatic carbocycles. The first-order valence-electron chi connectivity index (χ1n) is 10.9. The number of hydrogen-bond donors (Lipinski definition) is 2. The molecule has 28 heavy (non-hydrogen) atoms. The van der Waals surface area contributed by atoms with Crippen LogP contribution in [0.4, 0.5) is 5.69 Å². The van der Waals surface area contributed by atoms with Crippen LogP contribution in [-0.4, -0.2) is 41.9 Å². The molecule has 0 radical (unpaired) electrons. The predicted molar refractivity (Wildman–Crippen MR) is 111 cm³/mol. The van der Waals surface area contributed by atoms with Crippen LogP contribution in [0.5, 0.6) is 0 Å². The van der Waals surface area contributed by atoms with Crippen LogP contribution >= 0.6 is 0 Å². The number of nitrogens with one attached hydrogen (secondary N) is 2. The summed E-state index contributed by atoms with van der Waals surface area (Å²) in [6.45, 7) is 5.90. The Morgan fingerprint density at radius 1 is 1.11 bits per heavy atom. The van der Waals surface area contributed by atoms with Gasteiger partial charge in [-0.2, -0.15) is 0 Å². The van der Waals surface area contributed by atoms with Crippen LogP contribution in [0, 0.1) is 18.8 Å². The van der Waals surface area contributed by atoms with E-state index >= 15 is 0 Å². The molecule has 5 nitrogen and oxygen atoms in total. The van der Waals surface area contributed by atoms with Crippen LogP contribution < -0.4 is 10.6 Å². The molecular weight excluding hydrogens is 350 g/mol. The van der Waals surface area contributed by atoms with E-state index in [0.29, 0.717) is 30.3 Å². The van der Waals surface area contributed by atoms with E-state index in [0.717, 1.165) is 55.6 Å². The van der Waals surface area contributed by atoms with E-state index in [2.05, 4.69) is 17.6 Å². The Kier molecular flexibility index (Phi) is 5.72. The maximum atomic E-state index is 12.8. The topological polar surface area (TPSA) is 61.4 Å². The van der Waals surface area contributed by atoms with E-state index in [4.69, 9.17) is 0 Å². The Balaban J connectivity index is 1.34. The third kappa shape index (κ3) is 4.40. The summed E-state index contributed by atoms with van der Waals surface area (Å²) < 4.78 is 0. The summed E-state index contributed by atoms with van der Waals surface area (Å²) in [6.07, 6.45) is 7.51. The first kappa shape index (κ1) is 19.4. The number of rotatable bonds is 4. The molecule has 2 bridgehead atoms. The molecule has 5 heteroatoms. The van der Waals surface area contributed by atoms with E-state index in [1.165, 1.54) is 12.8 Å². The summed E-state index contributed by atoms with van der Waals surface area (Å²) in [5, 5.41) is 6.71. The lowest BCUT2D eigenvalue weighted by atomic mass is 9.89. The zero-order valence-electron chi connectivity index (χ0n) is 17.2. The van der Waals surface area contributed by atoms with Gasteiger partial charge in [0.2, 0.25) is 5.91 Å². The van der Waals surface area contributed by atoms with Gasteiger partial charge in [-0.3, -0.25) is 9.59 Å². The minimum Gasteiger partial charge on any atom is -0.339 e. The Bertz CT molecular complexity index is 727. The lowest BCUT2D eigenvalue weighted by Gasteiger charge is -2.30. The van der Waals surface area contributed by atoms with Crippen molar-refractivity contribution in [1.29, 1.82) is 0 Å². The Hall–Kier alpha value is -1.88. The van der Waals surface area contributed by atoms with E-state index in [9.17, 15) is 9.59 Å². The molecule has 0 spiro atoms. The van der Waals surface area contributed by atoms with Crippen molar-refractivity contribution >= 4 is 17.5 Å². The molecule has 0 saturated carbocycles. The van der Waals surface area contributed by atoms with Gasteiger partial charge < -0.3 is 15.5 Å². The summed E-state index contributed by atoms with van der Waals surface area (Å²) in [7, 11) is 0. The van der Waals surface area contributed by atoms with Crippen molar-refractivity contribution in [3.63, 3.8) is 0 Å². The van der Waals surface area contributed by atoms with E-state index in [1.54, 1.807) is 0 Å². The Labute approximate surface area is 168 Å². The number of carbonyl (C=O) groups excluding carboxylic acids is 2. The molecule has 4 rings (SSSR count). The van der Waals surface area contributed by atoms with Gasteiger partial charge in [-0.05, 0) is 81.0 Å². The average Bonchev–Trinajstić information content (AvgIpc) is 3.01. The number of benzene rings is 1. The van der Waals surface area contributed by atoms with Crippen molar-refractivity contribution in [1.82, 2.24) is 10.2 Å². The molecule has 3 heterocycles. The molecule has 3 aliphatic rings. The van der Waals surface area contributed by atoms with Crippen LogP contribution in [0.1, 0.15) is 67.8 Å². The predicted octanol–water partition coefficient (Wildman–Crippen LogP) is 3.73. The van der Waals surface area contributed by atoms with Crippen LogP contribution in [0.25, 0.3) is 0 Å². The van der Waals surface area contributed by atoms with Crippen LogP contribution in [0.15, 0.2) is 18.2 Å². The monoisotopic (exact) mass is 383 g/mol. The second-order valence-electron chi connectivity index (χ2n) is 9.23. The molecule has 3 fully saturated rings. The highest BCUT2D eigenvalue weighted by Gasteiger charge is 2.34. The van der Waals surface area contributed by atoms with Crippen LogP contribution in [0.3, 0.4) is 0 Å². The number of fused-ring (bicyclic) bond motifs is 2. The third-order valence-electron chi connectivity index (χ3n) is 6.86. The molecule has 0 aromatic heterocycles. The molecule has 1 aromatic rings. The lowest BCUT2D eigenvalue weighted by Crippen LogP contribution is -2.39.